The molecule has 1 aromatic carbocycles. The normalized spacial score (nSPS) is 34.8. The highest BCUT2D eigenvalue weighted by Crippen LogP contribution is 2.70. The van der Waals surface area contributed by atoms with Crippen molar-refractivity contribution in [3.05, 3.63) is 58.7 Å². The third-order valence-electron chi connectivity index (χ3n) is 8.24. The van der Waals surface area contributed by atoms with Crippen molar-refractivity contribution in [2.45, 2.75) is 71.8 Å². The predicted octanol–water partition coefficient (Wildman–Crippen LogP) is 5.67. The van der Waals surface area contributed by atoms with Crippen LogP contribution in [0.2, 0.25) is 0 Å². The third kappa shape index (κ3) is 2.62. The third-order valence-corrected chi connectivity index (χ3v) is 8.24. The largest absolute Gasteiger partial charge is 0.372 e. The van der Waals surface area contributed by atoms with Gasteiger partial charge in [0.25, 0.3) is 0 Å². The zero-order valence-corrected chi connectivity index (χ0v) is 19.9. The van der Waals surface area contributed by atoms with Crippen LogP contribution in [0, 0.1) is 16.7 Å². The summed E-state index contributed by atoms with van der Waals surface area (Å²) in [4.78, 5) is 42.7. The van der Waals surface area contributed by atoms with Crippen LogP contribution in [0.3, 0.4) is 0 Å². The number of rotatable bonds is 6. The summed E-state index contributed by atoms with van der Waals surface area (Å²) in [5.74, 6) is -0.969. The molecule has 0 amide bonds. The molecule has 4 aliphatic carbocycles. The molecule has 0 spiro atoms. The van der Waals surface area contributed by atoms with Crippen molar-refractivity contribution in [3.8, 4) is 0 Å². The van der Waals surface area contributed by atoms with Gasteiger partial charge in [0, 0.05) is 18.2 Å². The van der Waals surface area contributed by atoms with Gasteiger partial charge < -0.3 is 4.74 Å². The van der Waals surface area contributed by atoms with E-state index in [2.05, 4.69) is 20.8 Å². The van der Waals surface area contributed by atoms with Crippen LogP contribution in [0.4, 0.5) is 0 Å². The summed E-state index contributed by atoms with van der Waals surface area (Å²) in [5, 5.41) is 0. The summed E-state index contributed by atoms with van der Waals surface area (Å²) < 4.78 is 6.31. The van der Waals surface area contributed by atoms with E-state index in [1.54, 1.807) is 31.4 Å². The van der Waals surface area contributed by atoms with Crippen molar-refractivity contribution in [1.29, 1.82) is 0 Å². The van der Waals surface area contributed by atoms with E-state index in [0.717, 1.165) is 12.8 Å². The maximum atomic E-state index is 14.6. The van der Waals surface area contributed by atoms with Gasteiger partial charge in [0.05, 0.1) is 5.41 Å². The van der Waals surface area contributed by atoms with Gasteiger partial charge >= 0.3 is 0 Å². The molecule has 0 aliphatic heterocycles. The van der Waals surface area contributed by atoms with E-state index >= 15 is 0 Å². The Morgan fingerprint density at radius 1 is 1.16 bits per heavy atom. The number of ketones is 3. The van der Waals surface area contributed by atoms with E-state index in [0.29, 0.717) is 30.4 Å². The Bertz CT molecular complexity index is 1030. The number of benzene rings is 1. The summed E-state index contributed by atoms with van der Waals surface area (Å²) in [6, 6.07) is 8.86. The van der Waals surface area contributed by atoms with Gasteiger partial charge in [-0.05, 0) is 51.9 Å². The molecule has 4 bridgehead atoms. The second-order valence-corrected chi connectivity index (χ2v) is 9.94. The Morgan fingerprint density at radius 3 is 2.41 bits per heavy atom. The molecule has 4 fully saturated rings. The average Bonchev–Trinajstić information content (AvgIpc) is 2.79. The second-order valence-electron chi connectivity index (χ2n) is 9.94. The highest BCUT2D eigenvalue weighted by Gasteiger charge is 2.80. The standard InChI is InChI=1S/C28H34O4/c1-6-11-22-24(30)27(23(29)19-12-9-8-10-13-19)17-21-15-20(18(3)4)16-26(14-7-2,25(27)31)28(21,22)32-5/h8-13,21H,6-7,14-17H2,1-5H3/b22-11+/t21-,26+,27-,28+/m1/s1. The minimum absolute atomic E-state index is 0.0847. The van der Waals surface area contributed by atoms with E-state index in [1.807, 2.05) is 19.1 Å². The van der Waals surface area contributed by atoms with Crippen LogP contribution in [-0.2, 0) is 14.3 Å². The van der Waals surface area contributed by atoms with Crippen LogP contribution in [0.1, 0.15) is 76.6 Å². The smallest absolute Gasteiger partial charge is 0.184 e. The fourth-order valence-electron chi connectivity index (χ4n) is 7.06. The van der Waals surface area contributed by atoms with Gasteiger partial charge in [-0.1, -0.05) is 67.8 Å². The highest BCUT2D eigenvalue weighted by molar-refractivity contribution is 6.36. The monoisotopic (exact) mass is 434 g/mol. The van der Waals surface area contributed by atoms with Gasteiger partial charge in [0.15, 0.2) is 22.8 Å². The molecule has 0 heterocycles. The molecule has 0 aromatic heterocycles. The molecule has 0 unspecified atom stereocenters. The Labute approximate surface area is 191 Å². The van der Waals surface area contributed by atoms with E-state index in [9.17, 15) is 14.4 Å². The number of carbonyl (C=O) groups excluding carboxylic acids is 3. The topological polar surface area (TPSA) is 60.4 Å². The van der Waals surface area contributed by atoms with Crippen LogP contribution in [0.25, 0.3) is 0 Å². The van der Waals surface area contributed by atoms with E-state index < -0.39 is 16.4 Å². The van der Waals surface area contributed by atoms with Crippen LogP contribution in [-0.4, -0.2) is 30.1 Å². The molecular weight excluding hydrogens is 400 g/mol. The molecule has 32 heavy (non-hydrogen) atoms. The van der Waals surface area contributed by atoms with Crippen LogP contribution in [0.5, 0.6) is 0 Å². The minimum Gasteiger partial charge on any atom is -0.372 e. The highest BCUT2D eigenvalue weighted by atomic mass is 16.5. The Morgan fingerprint density at radius 2 is 1.84 bits per heavy atom. The predicted molar refractivity (Wildman–Crippen MR) is 124 cm³/mol. The molecule has 4 saturated carbocycles. The molecule has 5 rings (SSSR count). The molecule has 0 radical (unpaired) electrons. The maximum Gasteiger partial charge on any atom is 0.184 e. The first-order valence-corrected chi connectivity index (χ1v) is 11.9. The fraction of sp³-hybridized carbons (Fsp3) is 0.536. The van der Waals surface area contributed by atoms with Crippen molar-refractivity contribution >= 4 is 17.3 Å². The van der Waals surface area contributed by atoms with Crippen molar-refractivity contribution in [2.24, 2.45) is 16.7 Å². The van der Waals surface area contributed by atoms with Gasteiger partial charge in [-0.15, -0.1) is 0 Å². The summed E-state index contributed by atoms with van der Waals surface area (Å²) in [6.45, 7) is 8.24. The zero-order chi connectivity index (χ0) is 23.3. The van der Waals surface area contributed by atoms with Crippen LogP contribution >= 0.6 is 0 Å². The van der Waals surface area contributed by atoms with Gasteiger partial charge in [0.2, 0.25) is 0 Å². The van der Waals surface area contributed by atoms with Crippen molar-refractivity contribution < 1.29 is 19.1 Å². The van der Waals surface area contributed by atoms with Crippen molar-refractivity contribution in [2.75, 3.05) is 7.11 Å². The molecular formula is C28H34O4. The minimum atomic E-state index is -1.64. The number of carbonyl (C=O) groups is 3. The molecule has 4 heteroatoms. The number of ether oxygens (including phenoxy) is 1. The van der Waals surface area contributed by atoms with E-state index in [-0.39, 0.29) is 29.7 Å². The van der Waals surface area contributed by atoms with E-state index in [1.165, 1.54) is 11.1 Å². The van der Waals surface area contributed by atoms with Crippen molar-refractivity contribution in [3.63, 3.8) is 0 Å². The van der Waals surface area contributed by atoms with E-state index in [4.69, 9.17) is 4.74 Å². The quantitative estimate of drug-likeness (QED) is 0.251. The molecule has 4 aliphatic rings. The molecule has 0 N–H and O–H groups in total. The molecule has 1 aromatic rings. The lowest BCUT2D eigenvalue weighted by Gasteiger charge is -2.67. The van der Waals surface area contributed by atoms with Crippen LogP contribution < -0.4 is 0 Å². The summed E-state index contributed by atoms with van der Waals surface area (Å²) in [6.07, 6.45) is 5.51. The lowest BCUT2D eigenvalue weighted by atomic mass is 9.35. The maximum absolute atomic E-state index is 14.6. The lowest BCUT2D eigenvalue weighted by molar-refractivity contribution is -0.206. The molecule has 170 valence electrons. The molecule has 0 saturated heterocycles. The number of hydrogen-bond donors (Lipinski definition) is 0. The van der Waals surface area contributed by atoms with Gasteiger partial charge in [-0.25, -0.2) is 0 Å². The average molecular weight is 435 g/mol. The Kier molecular flexibility index (Phi) is 5.65. The SMILES string of the molecule is CC/C=C1\C(=O)[C@]2(C(=O)c3ccccc3)C[C@H]3CC(=C(C)C)C[C@@](CCC)(C2=O)[C@@]13OC. The fourth-order valence-corrected chi connectivity index (χ4v) is 7.06. The Hall–Kier alpha value is -2.33. The summed E-state index contributed by atoms with van der Waals surface area (Å²) >= 11 is 0. The molecule has 4 nitrogen and oxygen atoms in total. The number of Topliss-reactive ketones (excluding diaryl/α,β-unsaturated/α-hetero) is 3. The molecule has 4 atom stereocenters. The Balaban J connectivity index is 2.05. The number of allylic oxidation sites excluding steroid dienone is 3. The van der Waals surface area contributed by atoms with Gasteiger partial charge in [0.1, 0.15) is 5.60 Å². The van der Waals surface area contributed by atoms with Gasteiger partial charge in [-0.3, -0.25) is 14.4 Å². The van der Waals surface area contributed by atoms with Gasteiger partial charge in [-0.2, -0.15) is 0 Å². The first-order chi connectivity index (χ1) is 15.3. The first-order valence-electron chi connectivity index (χ1n) is 11.9. The second kappa shape index (κ2) is 7.91. The summed E-state index contributed by atoms with van der Waals surface area (Å²) in [7, 11) is 1.65. The number of methoxy groups -OCH3 is 1. The number of fused-ring (bicyclic) bond motifs is 1. The first kappa shape index (κ1) is 22.8. The summed E-state index contributed by atoms with van der Waals surface area (Å²) in [5.41, 5.74) is -0.00412. The lowest BCUT2D eigenvalue weighted by Crippen LogP contribution is -2.78. The zero-order valence-electron chi connectivity index (χ0n) is 19.9. The van der Waals surface area contributed by atoms with Crippen LogP contribution in [0.15, 0.2) is 53.1 Å². The number of hydrogen-bond acceptors (Lipinski definition) is 4. The van der Waals surface area contributed by atoms with Crippen molar-refractivity contribution in [1.82, 2.24) is 0 Å².